The zero-order chi connectivity index (χ0) is 14.0. The molecular formula is C10H8ClN5O2S. The largest absolute Gasteiger partial charge is 0.281 e. The van der Waals surface area contributed by atoms with E-state index in [9.17, 15) is 8.42 Å². The number of rotatable bonds is 3. The molecule has 2 heterocycles. The van der Waals surface area contributed by atoms with Crippen LogP contribution in [0.15, 0.2) is 29.6 Å². The van der Waals surface area contributed by atoms with Crippen LogP contribution in [0.25, 0.3) is 0 Å². The topological polar surface area (TPSA) is 101 Å². The molecule has 0 amide bonds. The number of aryl methyl sites for hydroxylation is 1. The van der Waals surface area contributed by atoms with E-state index in [0.717, 1.165) is 4.68 Å². The van der Waals surface area contributed by atoms with E-state index in [1.807, 2.05) is 6.07 Å². The van der Waals surface area contributed by atoms with Crippen molar-refractivity contribution in [2.45, 2.75) is 5.03 Å². The molecule has 0 spiro atoms. The summed E-state index contributed by atoms with van der Waals surface area (Å²) in [4.78, 5) is 3.82. The second-order valence-corrected chi connectivity index (χ2v) is 5.58. The molecule has 2 aromatic rings. The van der Waals surface area contributed by atoms with Crippen molar-refractivity contribution in [1.29, 1.82) is 5.26 Å². The Labute approximate surface area is 114 Å². The summed E-state index contributed by atoms with van der Waals surface area (Å²) in [5.41, 5.74) is 0.335. The lowest BCUT2D eigenvalue weighted by molar-refractivity contribution is 0.582. The third-order valence-corrected chi connectivity index (χ3v) is 4.09. The van der Waals surface area contributed by atoms with Gasteiger partial charge in [0.05, 0.1) is 16.8 Å². The molecule has 0 aliphatic rings. The third-order valence-electron chi connectivity index (χ3n) is 2.23. The molecule has 0 aliphatic carbocycles. The maximum absolute atomic E-state index is 12.1. The van der Waals surface area contributed by atoms with Gasteiger partial charge in [-0.1, -0.05) is 11.6 Å². The van der Waals surface area contributed by atoms with Gasteiger partial charge in [0.15, 0.2) is 5.03 Å². The summed E-state index contributed by atoms with van der Waals surface area (Å²) in [6.45, 7) is 0. The summed E-state index contributed by atoms with van der Waals surface area (Å²) in [6, 6.07) is 4.73. The van der Waals surface area contributed by atoms with E-state index in [4.69, 9.17) is 16.9 Å². The van der Waals surface area contributed by atoms with E-state index in [0.29, 0.717) is 5.56 Å². The van der Waals surface area contributed by atoms with E-state index < -0.39 is 10.0 Å². The van der Waals surface area contributed by atoms with Gasteiger partial charge in [0.25, 0.3) is 10.0 Å². The molecule has 19 heavy (non-hydrogen) atoms. The number of hydrogen-bond acceptors (Lipinski definition) is 5. The average molecular weight is 298 g/mol. The summed E-state index contributed by atoms with van der Waals surface area (Å²) in [5, 5.41) is 12.2. The summed E-state index contributed by atoms with van der Waals surface area (Å²) in [7, 11) is -2.41. The third kappa shape index (κ3) is 2.67. The van der Waals surface area contributed by atoms with Gasteiger partial charge in [-0.2, -0.15) is 18.8 Å². The number of nitrogens with zero attached hydrogens (tertiary/aromatic N) is 4. The van der Waals surface area contributed by atoms with E-state index in [-0.39, 0.29) is 15.9 Å². The van der Waals surface area contributed by atoms with Crippen molar-refractivity contribution in [3.8, 4) is 6.07 Å². The van der Waals surface area contributed by atoms with Crippen molar-refractivity contribution < 1.29 is 8.42 Å². The second-order valence-electron chi connectivity index (χ2n) is 3.57. The first-order valence-corrected chi connectivity index (χ1v) is 6.86. The molecule has 9 heteroatoms. The number of pyridine rings is 1. The van der Waals surface area contributed by atoms with Crippen LogP contribution in [-0.2, 0) is 17.1 Å². The van der Waals surface area contributed by atoms with Gasteiger partial charge in [-0.05, 0) is 12.1 Å². The Balaban J connectivity index is 2.34. The fraction of sp³-hybridized carbons (Fsp3) is 0.100. The van der Waals surface area contributed by atoms with Crippen LogP contribution in [0, 0.1) is 11.3 Å². The molecule has 1 N–H and O–H groups in total. The zero-order valence-corrected chi connectivity index (χ0v) is 11.3. The summed E-state index contributed by atoms with van der Waals surface area (Å²) in [5.74, 6) is 0.0938. The Bertz CT molecular complexity index is 726. The van der Waals surface area contributed by atoms with Gasteiger partial charge in [-0.3, -0.25) is 9.40 Å². The first-order valence-electron chi connectivity index (χ1n) is 5.00. The highest BCUT2D eigenvalue weighted by atomic mass is 35.5. The lowest BCUT2D eigenvalue weighted by atomic mass is 10.3. The van der Waals surface area contributed by atoms with Crippen LogP contribution < -0.4 is 4.72 Å². The predicted octanol–water partition coefficient (Wildman–Crippen LogP) is 1.14. The highest BCUT2D eigenvalue weighted by molar-refractivity contribution is 7.92. The lowest BCUT2D eigenvalue weighted by Crippen LogP contribution is -2.17. The molecule has 7 nitrogen and oxygen atoms in total. The molecule has 0 bridgehead atoms. The summed E-state index contributed by atoms with van der Waals surface area (Å²) >= 11 is 5.78. The molecule has 2 rings (SSSR count). The normalized spacial score (nSPS) is 11.0. The molecular weight excluding hydrogens is 290 g/mol. The van der Waals surface area contributed by atoms with Crippen LogP contribution in [0.5, 0.6) is 0 Å². The summed E-state index contributed by atoms with van der Waals surface area (Å²) in [6.07, 6.45) is 2.50. The highest BCUT2D eigenvalue weighted by Gasteiger charge is 2.23. The summed E-state index contributed by atoms with van der Waals surface area (Å²) < 4.78 is 27.6. The minimum absolute atomic E-state index is 0.0173. The van der Waals surface area contributed by atoms with Gasteiger partial charge in [-0.15, -0.1) is 0 Å². The van der Waals surface area contributed by atoms with E-state index in [1.165, 1.54) is 31.6 Å². The Morgan fingerprint density at radius 2 is 2.16 bits per heavy atom. The Morgan fingerprint density at radius 3 is 2.63 bits per heavy atom. The van der Waals surface area contributed by atoms with Crippen molar-refractivity contribution in [1.82, 2.24) is 14.8 Å². The lowest BCUT2D eigenvalue weighted by Gasteiger charge is -2.07. The van der Waals surface area contributed by atoms with Crippen LogP contribution in [0.3, 0.4) is 0 Å². The molecule has 98 valence electrons. The van der Waals surface area contributed by atoms with Crippen LogP contribution in [0.2, 0.25) is 5.02 Å². The van der Waals surface area contributed by atoms with Crippen LogP contribution in [0.4, 0.5) is 5.82 Å². The minimum atomic E-state index is -3.88. The van der Waals surface area contributed by atoms with Crippen molar-refractivity contribution in [3.05, 3.63) is 35.1 Å². The second kappa shape index (κ2) is 4.87. The zero-order valence-electron chi connectivity index (χ0n) is 9.70. The Hall–Kier alpha value is -2.11. The van der Waals surface area contributed by atoms with E-state index in [1.54, 1.807) is 0 Å². The van der Waals surface area contributed by atoms with Crippen molar-refractivity contribution in [3.63, 3.8) is 0 Å². The maximum Gasteiger partial charge on any atom is 0.281 e. The van der Waals surface area contributed by atoms with Crippen LogP contribution >= 0.6 is 11.6 Å². The highest BCUT2D eigenvalue weighted by Crippen LogP contribution is 2.21. The van der Waals surface area contributed by atoms with Gasteiger partial charge >= 0.3 is 0 Å². The number of halogens is 1. The van der Waals surface area contributed by atoms with Crippen molar-refractivity contribution in [2.24, 2.45) is 7.05 Å². The molecule has 0 fully saturated rings. The van der Waals surface area contributed by atoms with Crippen LogP contribution in [0.1, 0.15) is 5.56 Å². The molecule has 0 aliphatic heterocycles. The van der Waals surface area contributed by atoms with Gasteiger partial charge in [0, 0.05) is 13.2 Å². The van der Waals surface area contributed by atoms with Gasteiger partial charge in [0.1, 0.15) is 11.9 Å². The number of aromatic nitrogens is 3. The average Bonchev–Trinajstić information content (AvgIpc) is 2.70. The molecule has 0 atom stereocenters. The first-order chi connectivity index (χ1) is 8.94. The standard InChI is InChI=1S/C10H8ClN5O2S/c1-16-10(8(11)6-14-16)19(17,18)15-9-3-2-7(4-12)5-13-9/h2-3,5-6H,1H3,(H,13,15). The van der Waals surface area contributed by atoms with Crippen molar-refractivity contribution in [2.75, 3.05) is 4.72 Å². The fourth-order valence-corrected chi connectivity index (χ4v) is 3.08. The molecule has 0 saturated carbocycles. The molecule has 0 radical (unpaired) electrons. The minimum Gasteiger partial charge on any atom is -0.262 e. The van der Waals surface area contributed by atoms with E-state index >= 15 is 0 Å². The first kappa shape index (κ1) is 13.3. The number of nitriles is 1. The number of sulfonamides is 1. The Morgan fingerprint density at radius 1 is 1.42 bits per heavy atom. The van der Waals surface area contributed by atoms with Crippen LogP contribution in [-0.4, -0.2) is 23.2 Å². The predicted molar refractivity (Wildman–Crippen MR) is 68.0 cm³/mol. The number of hydrogen-bond donors (Lipinski definition) is 1. The smallest absolute Gasteiger partial charge is 0.262 e. The fourth-order valence-electron chi connectivity index (χ4n) is 1.41. The SMILES string of the molecule is Cn1ncc(Cl)c1S(=O)(=O)Nc1ccc(C#N)cn1. The molecule has 2 aromatic heterocycles. The molecule has 0 unspecified atom stereocenters. The van der Waals surface area contributed by atoms with Gasteiger partial charge in [-0.25, -0.2) is 4.98 Å². The quantitative estimate of drug-likeness (QED) is 0.915. The molecule has 0 aromatic carbocycles. The molecule has 0 saturated heterocycles. The maximum atomic E-state index is 12.1. The van der Waals surface area contributed by atoms with Gasteiger partial charge in [0.2, 0.25) is 0 Å². The Kier molecular flexibility index (Phi) is 3.42. The number of anilines is 1. The van der Waals surface area contributed by atoms with Gasteiger partial charge < -0.3 is 0 Å². The van der Waals surface area contributed by atoms with Crippen molar-refractivity contribution >= 4 is 27.4 Å². The van der Waals surface area contributed by atoms with E-state index in [2.05, 4.69) is 14.8 Å². The number of nitrogens with one attached hydrogen (secondary N) is 1. The monoisotopic (exact) mass is 297 g/mol.